The van der Waals surface area contributed by atoms with Crippen LogP contribution in [0.1, 0.15) is 21.5 Å². The highest BCUT2D eigenvalue weighted by atomic mass is 35.5. The van der Waals surface area contributed by atoms with Crippen LogP contribution in [0.5, 0.6) is 0 Å². The lowest BCUT2D eigenvalue weighted by atomic mass is 10.1. The number of benzene rings is 3. The van der Waals surface area contributed by atoms with Gasteiger partial charge in [-0.25, -0.2) is 0 Å². The van der Waals surface area contributed by atoms with E-state index < -0.39 is 0 Å². The highest BCUT2D eigenvalue weighted by molar-refractivity contribution is 6.42. The lowest BCUT2D eigenvalue weighted by molar-refractivity contribution is 0.0745. The van der Waals surface area contributed by atoms with Crippen molar-refractivity contribution in [3.8, 4) is 0 Å². The predicted octanol–water partition coefficient (Wildman–Crippen LogP) is 5.88. The van der Waals surface area contributed by atoms with Crippen molar-refractivity contribution in [2.75, 3.05) is 6.54 Å². The summed E-state index contributed by atoms with van der Waals surface area (Å²) in [7, 11) is 0. The lowest BCUT2D eigenvalue weighted by Gasteiger charge is -2.23. The van der Waals surface area contributed by atoms with Gasteiger partial charge >= 0.3 is 0 Å². The Morgan fingerprint density at radius 1 is 0.769 bits per heavy atom. The molecule has 4 heteroatoms. The van der Waals surface area contributed by atoms with Gasteiger partial charge < -0.3 is 4.90 Å². The molecule has 0 saturated carbocycles. The number of hydrogen-bond acceptors (Lipinski definition) is 1. The molecule has 0 bridgehead atoms. The number of amides is 1. The molecule has 0 atom stereocenters. The van der Waals surface area contributed by atoms with Gasteiger partial charge in [0.15, 0.2) is 0 Å². The third-order valence-electron chi connectivity index (χ3n) is 4.18. The van der Waals surface area contributed by atoms with Crippen LogP contribution >= 0.6 is 23.2 Å². The molecule has 132 valence electrons. The Kier molecular flexibility index (Phi) is 6.32. The maximum atomic E-state index is 13.1. The van der Waals surface area contributed by atoms with Gasteiger partial charge in [0, 0.05) is 18.7 Å². The molecule has 0 aliphatic heterocycles. The van der Waals surface area contributed by atoms with E-state index in [0.717, 1.165) is 12.0 Å². The Hall–Kier alpha value is -2.29. The van der Waals surface area contributed by atoms with Gasteiger partial charge in [-0.2, -0.15) is 0 Å². The summed E-state index contributed by atoms with van der Waals surface area (Å²) in [6, 6.07) is 25.2. The molecular formula is C22H19Cl2NO. The zero-order chi connectivity index (χ0) is 18.4. The average molecular weight is 384 g/mol. The molecule has 0 spiro atoms. The molecule has 0 saturated heterocycles. The van der Waals surface area contributed by atoms with E-state index in [0.29, 0.717) is 28.7 Å². The van der Waals surface area contributed by atoms with Crippen molar-refractivity contribution in [2.45, 2.75) is 13.0 Å². The molecule has 0 fully saturated rings. The fourth-order valence-corrected chi connectivity index (χ4v) is 3.07. The van der Waals surface area contributed by atoms with Crippen molar-refractivity contribution in [3.05, 3.63) is 106 Å². The summed E-state index contributed by atoms with van der Waals surface area (Å²) in [5.74, 6) is -0.0525. The predicted molar refractivity (Wildman–Crippen MR) is 108 cm³/mol. The van der Waals surface area contributed by atoms with Crippen LogP contribution in [0.3, 0.4) is 0 Å². The molecule has 2 nitrogen and oxygen atoms in total. The first-order valence-electron chi connectivity index (χ1n) is 8.45. The molecule has 0 aliphatic carbocycles. The standard InChI is InChI=1S/C22H19Cl2NO/c23-20-12-11-19(15-21(20)24)22(26)25(16-18-9-5-2-6-10-18)14-13-17-7-3-1-4-8-17/h1-12,15H,13-14,16H2. The summed E-state index contributed by atoms with van der Waals surface area (Å²) in [5.41, 5.74) is 2.84. The maximum absolute atomic E-state index is 13.1. The SMILES string of the molecule is O=C(c1ccc(Cl)c(Cl)c1)N(CCc1ccccc1)Cc1ccccc1. The molecule has 1 amide bonds. The normalized spacial score (nSPS) is 10.5. The molecule has 0 aliphatic rings. The molecule has 26 heavy (non-hydrogen) atoms. The molecule has 0 radical (unpaired) electrons. The van der Waals surface area contributed by atoms with Crippen molar-refractivity contribution in [1.82, 2.24) is 4.90 Å². The van der Waals surface area contributed by atoms with E-state index >= 15 is 0 Å². The minimum absolute atomic E-state index is 0.0525. The second-order valence-corrected chi connectivity index (χ2v) is 6.89. The van der Waals surface area contributed by atoms with Crippen LogP contribution < -0.4 is 0 Å². The van der Waals surface area contributed by atoms with Crippen LogP contribution in [0.25, 0.3) is 0 Å². The van der Waals surface area contributed by atoms with E-state index in [9.17, 15) is 4.79 Å². The van der Waals surface area contributed by atoms with Crippen molar-refractivity contribution < 1.29 is 4.79 Å². The third kappa shape index (κ3) is 4.87. The van der Waals surface area contributed by atoms with Crippen LogP contribution in [-0.2, 0) is 13.0 Å². The Bertz CT molecular complexity index is 866. The van der Waals surface area contributed by atoms with Crippen LogP contribution in [-0.4, -0.2) is 17.4 Å². The molecule has 0 N–H and O–H groups in total. The molecule has 3 rings (SSSR count). The van der Waals surface area contributed by atoms with Gasteiger partial charge in [-0.15, -0.1) is 0 Å². The minimum atomic E-state index is -0.0525. The number of carbonyl (C=O) groups excluding carboxylic acids is 1. The Morgan fingerprint density at radius 2 is 1.38 bits per heavy atom. The number of rotatable bonds is 6. The van der Waals surface area contributed by atoms with E-state index in [2.05, 4.69) is 12.1 Å². The number of hydrogen-bond donors (Lipinski definition) is 0. The highest BCUT2D eigenvalue weighted by Crippen LogP contribution is 2.23. The molecule has 0 heterocycles. The number of halogens is 2. The summed E-state index contributed by atoms with van der Waals surface area (Å²) in [5, 5.41) is 0.836. The molecule has 3 aromatic rings. The quantitative estimate of drug-likeness (QED) is 0.520. The molecule has 0 aromatic heterocycles. The largest absolute Gasteiger partial charge is 0.334 e. The zero-order valence-corrected chi connectivity index (χ0v) is 15.8. The van der Waals surface area contributed by atoms with Crippen LogP contribution in [0.4, 0.5) is 0 Å². The Balaban J connectivity index is 1.81. The van der Waals surface area contributed by atoms with Crippen molar-refractivity contribution in [1.29, 1.82) is 0 Å². The topological polar surface area (TPSA) is 20.3 Å². The second kappa shape index (κ2) is 8.88. The highest BCUT2D eigenvalue weighted by Gasteiger charge is 2.17. The first-order valence-corrected chi connectivity index (χ1v) is 9.21. The third-order valence-corrected chi connectivity index (χ3v) is 4.92. The van der Waals surface area contributed by atoms with Crippen LogP contribution in [0.15, 0.2) is 78.9 Å². The van der Waals surface area contributed by atoms with Gasteiger partial charge in [0.25, 0.3) is 5.91 Å². The van der Waals surface area contributed by atoms with Gasteiger partial charge in [-0.1, -0.05) is 83.9 Å². The van der Waals surface area contributed by atoms with Crippen molar-refractivity contribution in [3.63, 3.8) is 0 Å². The van der Waals surface area contributed by atoms with Gasteiger partial charge in [0.05, 0.1) is 10.0 Å². The van der Waals surface area contributed by atoms with E-state index in [1.807, 2.05) is 53.4 Å². The smallest absolute Gasteiger partial charge is 0.254 e. The van der Waals surface area contributed by atoms with E-state index in [1.165, 1.54) is 5.56 Å². The van der Waals surface area contributed by atoms with Gasteiger partial charge in [-0.05, 0) is 35.7 Å². The first kappa shape index (κ1) is 18.5. The van der Waals surface area contributed by atoms with Crippen molar-refractivity contribution >= 4 is 29.1 Å². The average Bonchev–Trinajstić information content (AvgIpc) is 2.68. The lowest BCUT2D eigenvalue weighted by Crippen LogP contribution is -2.32. The van der Waals surface area contributed by atoms with Gasteiger partial charge in [0.1, 0.15) is 0 Å². The minimum Gasteiger partial charge on any atom is -0.334 e. The van der Waals surface area contributed by atoms with E-state index in [1.54, 1.807) is 18.2 Å². The van der Waals surface area contributed by atoms with Crippen LogP contribution in [0, 0.1) is 0 Å². The molecule has 0 unspecified atom stereocenters. The number of carbonyl (C=O) groups is 1. The Labute approximate surface area is 164 Å². The zero-order valence-electron chi connectivity index (χ0n) is 14.2. The summed E-state index contributed by atoms with van der Waals surface area (Å²) in [4.78, 5) is 14.9. The Morgan fingerprint density at radius 3 is 2.00 bits per heavy atom. The summed E-state index contributed by atoms with van der Waals surface area (Å²) in [6.45, 7) is 1.17. The molecular weight excluding hydrogens is 365 g/mol. The van der Waals surface area contributed by atoms with Crippen LogP contribution in [0.2, 0.25) is 10.0 Å². The fourth-order valence-electron chi connectivity index (χ4n) is 2.78. The first-order chi connectivity index (χ1) is 12.6. The second-order valence-electron chi connectivity index (χ2n) is 6.08. The van der Waals surface area contributed by atoms with Gasteiger partial charge in [0.2, 0.25) is 0 Å². The van der Waals surface area contributed by atoms with Crippen molar-refractivity contribution in [2.24, 2.45) is 0 Å². The van der Waals surface area contributed by atoms with E-state index in [4.69, 9.17) is 23.2 Å². The summed E-state index contributed by atoms with van der Waals surface area (Å²) >= 11 is 12.1. The summed E-state index contributed by atoms with van der Waals surface area (Å²) < 4.78 is 0. The number of nitrogens with zero attached hydrogens (tertiary/aromatic N) is 1. The fraction of sp³-hybridized carbons (Fsp3) is 0.136. The monoisotopic (exact) mass is 383 g/mol. The van der Waals surface area contributed by atoms with E-state index in [-0.39, 0.29) is 5.91 Å². The maximum Gasteiger partial charge on any atom is 0.254 e. The van der Waals surface area contributed by atoms with Gasteiger partial charge in [-0.3, -0.25) is 4.79 Å². The molecule has 3 aromatic carbocycles. The summed E-state index contributed by atoms with van der Waals surface area (Å²) in [6.07, 6.45) is 0.792.